The number of hydrogen-bond donors (Lipinski definition) is 1. The summed E-state index contributed by atoms with van der Waals surface area (Å²) in [7, 11) is 0. The van der Waals surface area contributed by atoms with Gasteiger partial charge in [0.05, 0.1) is 11.4 Å². The summed E-state index contributed by atoms with van der Waals surface area (Å²) in [6.07, 6.45) is 4.55. The molecule has 3 aromatic rings. The van der Waals surface area contributed by atoms with Crippen molar-refractivity contribution in [1.82, 2.24) is 15.2 Å². The average Bonchev–Trinajstić information content (AvgIpc) is 2.92. The maximum atomic E-state index is 4.47. The zero-order chi connectivity index (χ0) is 13.9. The van der Waals surface area contributed by atoms with E-state index in [9.17, 15) is 0 Å². The largest absolute Gasteiger partial charge is 0.277 e. The van der Waals surface area contributed by atoms with Gasteiger partial charge >= 0.3 is 0 Å². The topological polar surface area (TPSA) is 41.6 Å². The van der Waals surface area contributed by atoms with Crippen LogP contribution in [0.2, 0.25) is 0 Å². The summed E-state index contributed by atoms with van der Waals surface area (Å²) in [5.41, 5.74) is 6.92. The van der Waals surface area contributed by atoms with Crippen molar-refractivity contribution >= 4 is 0 Å². The molecule has 100 valence electrons. The van der Waals surface area contributed by atoms with Crippen LogP contribution in [0.3, 0.4) is 0 Å². The molecule has 0 spiro atoms. The second kappa shape index (κ2) is 5.29. The minimum atomic E-state index is 0.903. The van der Waals surface area contributed by atoms with Gasteiger partial charge in [0.2, 0.25) is 0 Å². The van der Waals surface area contributed by atoms with Crippen molar-refractivity contribution in [3.05, 3.63) is 60.0 Å². The molecule has 1 aromatic carbocycles. The Morgan fingerprint density at radius 2 is 1.85 bits per heavy atom. The Kier molecular flexibility index (Phi) is 3.33. The molecule has 0 saturated heterocycles. The fraction of sp³-hybridized carbons (Fsp3) is 0.176. The summed E-state index contributed by atoms with van der Waals surface area (Å²) in [5.74, 6) is 0. The SMILES string of the molecule is CCc1n[nH]c(-c2cccc(C)c2)c1-c1ccncc1. The number of aryl methyl sites for hydroxylation is 2. The van der Waals surface area contributed by atoms with Gasteiger partial charge in [0, 0.05) is 23.5 Å². The Morgan fingerprint density at radius 1 is 1.05 bits per heavy atom. The van der Waals surface area contributed by atoms with Crippen LogP contribution in [0.15, 0.2) is 48.8 Å². The predicted octanol–water partition coefficient (Wildman–Crippen LogP) is 4.01. The van der Waals surface area contributed by atoms with Crippen LogP contribution in [0.25, 0.3) is 22.4 Å². The average molecular weight is 263 g/mol. The van der Waals surface area contributed by atoms with E-state index in [1.54, 1.807) is 0 Å². The molecule has 2 heterocycles. The Bertz CT molecular complexity index is 714. The lowest BCUT2D eigenvalue weighted by atomic mass is 9.98. The molecule has 0 unspecified atom stereocenters. The van der Waals surface area contributed by atoms with E-state index in [1.807, 2.05) is 24.5 Å². The van der Waals surface area contributed by atoms with Crippen LogP contribution in [0, 0.1) is 6.92 Å². The highest BCUT2D eigenvalue weighted by molar-refractivity contribution is 5.82. The summed E-state index contributed by atoms with van der Waals surface area (Å²) in [6.45, 7) is 4.23. The van der Waals surface area contributed by atoms with Crippen molar-refractivity contribution in [3.63, 3.8) is 0 Å². The number of nitrogens with zero attached hydrogens (tertiary/aromatic N) is 2. The van der Waals surface area contributed by atoms with E-state index < -0.39 is 0 Å². The van der Waals surface area contributed by atoms with Gasteiger partial charge in [-0.3, -0.25) is 10.1 Å². The third-order valence-corrected chi connectivity index (χ3v) is 3.45. The zero-order valence-corrected chi connectivity index (χ0v) is 11.7. The monoisotopic (exact) mass is 263 g/mol. The van der Waals surface area contributed by atoms with Crippen molar-refractivity contribution in [2.45, 2.75) is 20.3 Å². The molecule has 0 aliphatic rings. The first-order valence-corrected chi connectivity index (χ1v) is 6.84. The lowest BCUT2D eigenvalue weighted by Crippen LogP contribution is -1.87. The second-order valence-corrected chi connectivity index (χ2v) is 4.88. The van der Waals surface area contributed by atoms with Crippen LogP contribution in [0.4, 0.5) is 0 Å². The number of nitrogens with one attached hydrogen (secondary N) is 1. The number of hydrogen-bond acceptors (Lipinski definition) is 2. The van der Waals surface area contributed by atoms with Gasteiger partial charge in [-0.15, -0.1) is 0 Å². The van der Waals surface area contributed by atoms with Gasteiger partial charge in [0.15, 0.2) is 0 Å². The van der Waals surface area contributed by atoms with Crippen molar-refractivity contribution in [1.29, 1.82) is 0 Å². The molecule has 0 radical (unpaired) electrons. The fourth-order valence-corrected chi connectivity index (χ4v) is 2.47. The fourth-order valence-electron chi connectivity index (χ4n) is 2.47. The Labute approximate surface area is 118 Å². The summed E-state index contributed by atoms with van der Waals surface area (Å²) in [4.78, 5) is 4.10. The highest BCUT2D eigenvalue weighted by Crippen LogP contribution is 2.33. The third kappa shape index (κ3) is 2.23. The first kappa shape index (κ1) is 12.6. The van der Waals surface area contributed by atoms with Crippen LogP contribution >= 0.6 is 0 Å². The van der Waals surface area contributed by atoms with Crippen LogP contribution in [0.5, 0.6) is 0 Å². The molecule has 0 atom stereocenters. The molecule has 3 heteroatoms. The highest BCUT2D eigenvalue weighted by Gasteiger charge is 2.15. The molecular formula is C17H17N3. The van der Waals surface area contributed by atoms with E-state index in [0.29, 0.717) is 0 Å². The molecule has 0 saturated carbocycles. The molecule has 2 aromatic heterocycles. The lowest BCUT2D eigenvalue weighted by molar-refractivity contribution is 0.977. The van der Waals surface area contributed by atoms with E-state index in [1.165, 1.54) is 16.7 Å². The summed E-state index contributed by atoms with van der Waals surface area (Å²) in [6, 6.07) is 12.5. The van der Waals surface area contributed by atoms with Gasteiger partial charge < -0.3 is 0 Å². The number of aromatic amines is 1. The van der Waals surface area contributed by atoms with Gasteiger partial charge in [0.25, 0.3) is 0 Å². The summed E-state index contributed by atoms with van der Waals surface area (Å²) < 4.78 is 0. The minimum absolute atomic E-state index is 0.903. The lowest BCUT2D eigenvalue weighted by Gasteiger charge is -2.06. The van der Waals surface area contributed by atoms with E-state index in [0.717, 1.165) is 23.4 Å². The molecule has 1 N–H and O–H groups in total. The van der Waals surface area contributed by atoms with Crippen molar-refractivity contribution < 1.29 is 0 Å². The first-order chi connectivity index (χ1) is 9.79. The number of aromatic nitrogens is 3. The summed E-state index contributed by atoms with van der Waals surface area (Å²) >= 11 is 0. The Morgan fingerprint density at radius 3 is 2.55 bits per heavy atom. The van der Waals surface area contributed by atoms with Crippen LogP contribution in [0.1, 0.15) is 18.2 Å². The van der Waals surface area contributed by atoms with Crippen molar-refractivity contribution in [3.8, 4) is 22.4 Å². The Hall–Kier alpha value is -2.42. The van der Waals surface area contributed by atoms with Crippen molar-refractivity contribution in [2.24, 2.45) is 0 Å². The molecule has 3 rings (SSSR count). The number of rotatable bonds is 3. The van der Waals surface area contributed by atoms with E-state index >= 15 is 0 Å². The second-order valence-electron chi connectivity index (χ2n) is 4.88. The van der Waals surface area contributed by atoms with Gasteiger partial charge in [-0.05, 0) is 37.1 Å². The third-order valence-electron chi connectivity index (χ3n) is 3.45. The van der Waals surface area contributed by atoms with Gasteiger partial charge in [-0.25, -0.2) is 0 Å². The first-order valence-electron chi connectivity index (χ1n) is 6.84. The minimum Gasteiger partial charge on any atom is -0.277 e. The van der Waals surface area contributed by atoms with Gasteiger partial charge in [-0.1, -0.05) is 30.7 Å². The Balaban J connectivity index is 2.20. The van der Waals surface area contributed by atoms with Crippen LogP contribution in [-0.4, -0.2) is 15.2 Å². The molecule has 0 amide bonds. The molecule has 0 aliphatic carbocycles. The maximum absolute atomic E-state index is 4.47. The normalized spacial score (nSPS) is 10.7. The molecule has 0 aliphatic heterocycles. The number of benzene rings is 1. The van der Waals surface area contributed by atoms with Crippen molar-refractivity contribution in [2.75, 3.05) is 0 Å². The van der Waals surface area contributed by atoms with E-state index in [2.05, 4.69) is 53.3 Å². The summed E-state index contributed by atoms with van der Waals surface area (Å²) in [5, 5.41) is 7.67. The smallest absolute Gasteiger partial charge is 0.0731 e. The highest BCUT2D eigenvalue weighted by atomic mass is 15.1. The molecule has 0 fully saturated rings. The van der Waals surface area contributed by atoms with E-state index in [4.69, 9.17) is 0 Å². The van der Waals surface area contributed by atoms with Gasteiger partial charge in [-0.2, -0.15) is 5.10 Å². The molecule has 0 bridgehead atoms. The number of H-pyrrole nitrogens is 1. The van der Waals surface area contributed by atoms with Crippen LogP contribution < -0.4 is 0 Å². The number of pyridine rings is 1. The van der Waals surface area contributed by atoms with E-state index in [-0.39, 0.29) is 0 Å². The standard InChI is InChI=1S/C17H17N3/c1-3-15-16(13-7-9-18-10-8-13)17(20-19-15)14-6-4-5-12(2)11-14/h4-11H,3H2,1-2H3,(H,19,20). The maximum Gasteiger partial charge on any atom is 0.0731 e. The zero-order valence-electron chi connectivity index (χ0n) is 11.7. The molecule has 20 heavy (non-hydrogen) atoms. The molecule has 3 nitrogen and oxygen atoms in total. The molecular weight excluding hydrogens is 246 g/mol. The van der Waals surface area contributed by atoms with Gasteiger partial charge in [0.1, 0.15) is 0 Å². The quantitative estimate of drug-likeness (QED) is 0.775. The van der Waals surface area contributed by atoms with Crippen LogP contribution in [-0.2, 0) is 6.42 Å². The predicted molar refractivity (Wildman–Crippen MR) is 81.4 cm³/mol.